The highest BCUT2D eigenvalue weighted by Crippen LogP contribution is 2.36. The Kier molecular flexibility index (Phi) is 4.05. The van der Waals surface area contributed by atoms with Gasteiger partial charge in [0.15, 0.2) is 11.3 Å². The monoisotopic (exact) mass is 327 g/mol. The normalized spacial score (nSPS) is 11.2. The van der Waals surface area contributed by atoms with Crippen LogP contribution in [0.3, 0.4) is 0 Å². The van der Waals surface area contributed by atoms with Crippen molar-refractivity contribution in [3.63, 3.8) is 0 Å². The van der Waals surface area contributed by atoms with Crippen LogP contribution in [0.15, 0.2) is 77.5 Å². The average Bonchev–Trinajstić information content (AvgIpc) is 3.13. The topological polar surface area (TPSA) is 35.3 Å². The number of rotatable bonds is 4. The molecule has 0 bridgehead atoms. The van der Waals surface area contributed by atoms with Gasteiger partial charge in [-0.2, -0.15) is 0 Å². The van der Waals surface area contributed by atoms with Gasteiger partial charge in [-0.25, -0.2) is 0 Å². The summed E-state index contributed by atoms with van der Waals surface area (Å²) in [6.45, 7) is 0. The Morgan fingerprint density at radius 1 is 0.920 bits per heavy atom. The van der Waals surface area contributed by atoms with Crippen molar-refractivity contribution in [1.29, 1.82) is 0 Å². The molecule has 0 aliphatic carbocycles. The minimum Gasteiger partial charge on any atom is -0.493 e. The molecule has 2 heterocycles. The van der Waals surface area contributed by atoms with Crippen LogP contribution >= 0.6 is 0 Å². The van der Waals surface area contributed by atoms with Gasteiger partial charge in [-0.15, -0.1) is 0 Å². The van der Waals surface area contributed by atoms with Crippen LogP contribution in [0.1, 0.15) is 11.1 Å². The summed E-state index contributed by atoms with van der Waals surface area (Å²) in [5, 5.41) is 1.03. The minimum atomic E-state index is 0.734. The van der Waals surface area contributed by atoms with Crippen molar-refractivity contribution >= 4 is 23.1 Å². The van der Waals surface area contributed by atoms with Crippen LogP contribution in [0, 0.1) is 0 Å². The molecule has 25 heavy (non-hydrogen) atoms. The first-order valence-corrected chi connectivity index (χ1v) is 8.09. The van der Waals surface area contributed by atoms with E-state index in [-0.39, 0.29) is 0 Å². The second-order valence-corrected chi connectivity index (χ2v) is 5.69. The van der Waals surface area contributed by atoms with E-state index in [1.54, 1.807) is 19.5 Å². The molecule has 0 N–H and O–H groups in total. The van der Waals surface area contributed by atoms with Crippen LogP contribution in [-0.4, -0.2) is 12.1 Å². The molecule has 4 rings (SSSR count). The summed E-state index contributed by atoms with van der Waals surface area (Å²) in [4.78, 5) is 4.04. The molecule has 3 nitrogen and oxygen atoms in total. The van der Waals surface area contributed by atoms with E-state index in [0.29, 0.717) is 0 Å². The first-order valence-electron chi connectivity index (χ1n) is 8.09. The number of furan rings is 1. The number of fused-ring (bicyclic) bond motifs is 1. The molecule has 0 aliphatic heterocycles. The van der Waals surface area contributed by atoms with Crippen LogP contribution in [0.4, 0.5) is 0 Å². The van der Waals surface area contributed by atoms with E-state index in [2.05, 4.69) is 23.2 Å². The standard InChI is InChI=1S/C22H17NO2/c1-24-20-10-9-17(8-7-16-11-13-23-14-12-16)19-15-21(25-22(19)20)18-5-3-2-4-6-18/h2-15H,1H3/b8-7+. The second-order valence-electron chi connectivity index (χ2n) is 5.69. The van der Waals surface area contributed by atoms with Crippen molar-refractivity contribution in [2.24, 2.45) is 0 Å². The zero-order valence-corrected chi connectivity index (χ0v) is 13.8. The molecule has 0 saturated carbocycles. The van der Waals surface area contributed by atoms with E-state index in [1.165, 1.54) is 0 Å². The number of hydrogen-bond acceptors (Lipinski definition) is 3. The van der Waals surface area contributed by atoms with Gasteiger partial charge in [0, 0.05) is 23.3 Å². The summed E-state index contributed by atoms with van der Waals surface area (Å²) in [5.41, 5.74) is 3.99. The molecule has 0 unspecified atom stereocenters. The SMILES string of the molecule is COc1ccc(/C=C/c2ccncc2)c2cc(-c3ccccc3)oc12. The van der Waals surface area contributed by atoms with Crippen molar-refractivity contribution in [3.8, 4) is 17.1 Å². The fourth-order valence-corrected chi connectivity index (χ4v) is 2.83. The maximum Gasteiger partial charge on any atom is 0.177 e. The highest BCUT2D eigenvalue weighted by Gasteiger charge is 2.13. The number of nitrogens with zero attached hydrogens (tertiary/aromatic N) is 1. The number of methoxy groups -OCH3 is 1. The molecule has 0 spiro atoms. The lowest BCUT2D eigenvalue weighted by Crippen LogP contribution is -1.84. The number of pyridine rings is 1. The van der Waals surface area contributed by atoms with Gasteiger partial charge in [0.1, 0.15) is 5.76 Å². The van der Waals surface area contributed by atoms with Crippen molar-refractivity contribution in [3.05, 3.63) is 84.2 Å². The van der Waals surface area contributed by atoms with Gasteiger partial charge >= 0.3 is 0 Å². The molecular formula is C22H17NO2. The lowest BCUT2D eigenvalue weighted by molar-refractivity contribution is 0.411. The van der Waals surface area contributed by atoms with Gasteiger partial charge in [-0.05, 0) is 35.4 Å². The molecule has 0 atom stereocenters. The van der Waals surface area contributed by atoms with Crippen LogP contribution < -0.4 is 4.74 Å². The zero-order chi connectivity index (χ0) is 17.1. The number of hydrogen-bond donors (Lipinski definition) is 0. The van der Waals surface area contributed by atoms with E-state index in [1.807, 2.05) is 54.6 Å². The summed E-state index contributed by atoms with van der Waals surface area (Å²) < 4.78 is 11.6. The predicted molar refractivity (Wildman–Crippen MR) is 101 cm³/mol. The summed E-state index contributed by atoms with van der Waals surface area (Å²) >= 11 is 0. The van der Waals surface area contributed by atoms with E-state index in [4.69, 9.17) is 9.15 Å². The van der Waals surface area contributed by atoms with Crippen molar-refractivity contribution < 1.29 is 9.15 Å². The fraction of sp³-hybridized carbons (Fsp3) is 0.0455. The molecule has 0 fully saturated rings. The Hall–Kier alpha value is -3.33. The molecule has 2 aromatic carbocycles. The quantitative estimate of drug-likeness (QED) is 0.484. The van der Waals surface area contributed by atoms with Gasteiger partial charge in [-0.1, -0.05) is 48.6 Å². The van der Waals surface area contributed by atoms with Gasteiger partial charge in [0.25, 0.3) is 0 Å². The molecule has 4 aromatic rings. The highest BCUT2D eigenvalue weighted by molar-refractivity contribution is 5.95. The third-order valence-corrected chi connectivity index (χ3v) is 4.12. The van der Waals surface area contributed by atoms with Crippen molar-refractivity contribution in [1.82, 2.24) is 4.98 Å². The summed E-state index contributed by atoms with van der Waals surface area (Å²) in [6.07, 6.45) is 7.73. The van der Waals surface area contributed by atoms with E-state index in [0.717, 1.165) is 39.2 Å². The van der Waals surface area contributed by atoms with Crippen LogP contribution in [0.25, 0.3) is 34.4 Å². The number of ether oxygens (including phenoxy) is 1. The molecule has 0 aliphatic rings. The zero-order valence-electron chi connectivity index (χ0n) is 13.8. The molecule has 122 valence electrons. The molecule has 0 amide bonds. The Balaban J connectivity index is 1.82. The van der Waals surface area contributed by atoms with Gasteiger partial charge in [0.05, 0.1) is 7.11 Å². The van der Waals surface area contributed by atoms with E-state index < -0.39 is 0 Å². The van der Waals surface area contributed by atoms with Crippen LogP contribution in [0.2, 0.25) is 0 Å². The third-order valence-electron chi connectivity index (χ3n) is 4.12. The van der Waals surface area contributed by atoms with E-state index in [9.17, 15) is 0 Å². The van der Waals surface area contributed by atoms with Crippen LogP contribution in [0.5, 0.6) is 5.75 Å². The first kappa shape index (κ1) is 15.2. The smallest absolute Gasteiger partial charge is 0.177 e. The first-order chi connectivity index (χ1) is 12.3. The molecule has 0 saturated heterocycles. The Labute approximate surface area is 146 Å². The van der Waals surface area contributed by atoms with Gasteiger partial charge in [0.2, 0.25) is 0 Å². The second kappa shape index (κ2) is 6.65. The number of aromatic nitrogens is 1. The van der Waals surface area contributed by atoms with E-state index >= 15 is 0 Å². The van der Waals surface area contributed by atoms with Crippen LogP contribution in [-0.2, 0) is 0 Å². The fourth-order valence-electron chi connectivity index (χ4n) is 2.83. The van der Waals surface area contributed by atoms with Gasteiger partial charge < -0.3 is 9.15 Å². The maximum atomic E-state index is 6.10. The largest absolute Gasteiger partial charge is 0.493 e. The maximum absolute atomic E-state index is 6.10. The molecule has 2 aromatic heterocycles. The summed E-state index contributed by atoms with van der Waals surface area (Å²) in [5.74, 6) is 1.57. The highest BCUT2D eigenvalue weighted by atomic mass is 16.5. The predicted octanol–water partition coefficient (Wildman–Crippen LogP) is 5.67. The van der Waals surface area contributed by atoms with Crippen molar-refractivity contribution in [2.75, 3.05) is 7.11 Å². The van der Waals surface area contributed by atoms with Crippen molar-refractivity contribution in [2.45, 2.75) is 0 Å². The van der Waals surface area contributed by atoms with Gasteiger partial charge in [-0.3, -0.25) is 4.98 Å². The molecular weight excluding hydrogens is 310 g/mol. The lowest BCUT2D eigenvalue weighted by atomic mass is 10.1. The number of benzene rings is 2. The minimum absolute atomic E-state index is 0.734. The Bertz CT molecular complexity index is 1020. The molecule has 0 radical (unpaired) electrons. The molecule has 3 heteroatoms. The Morgan fingerprint density at radius 3 is 2.48 bits per heavy atom. The lowest BCUT2D eigenvalue weighted by Gasteiger charge is -2.02. The average molecular weight is 327 g/mol. The Morgan fingerprint density at radius 2 is 1.72 bits per heavy atom. The third kappa shape index (κ3) is 3.04. The summed E-state index contributed by atoms with van der Waals surface area (Å²) in [7, 11) is 1.66. The summed E-state index contributed by atoms with van der Waals surface area (Å²) in [6, 6.07) is 20.1.